The first-order valence-corrected chi connectivity index (χ1v) is 7.95. The van der Waals surface area contributed by atoms with Gasteiger partial charge in [0.15, 0.2) is 0 Å². The highest BCUT2D eigenvalue weighted by Gasteiger charge is 2.34. The molecule has 1 aliphatic rings. The summed E-state index contributed by atoms with van der Waals surface area (Å²) in [5, 5.41) is 10.5. The number of likely N-dealkylation sites (tertiary alicyclic amines) is 1. The Morgan fingerprint density at radius 1 is 1.43 bits per heavy atom. The molecule has 21 heavy (non-hydrogen) atoms. The zero-order chi connectivity index (χ0) is 15.6. The van der Waals surface area contributed by atoms with E-state index in [-0.39, 0.29) is 11.3 Å². The molecule has 1 fully saturated rings. The van der Waals surface area contributed by atoms with Gasteiger partial charge in [0.25, 0.3) is 5.91 Å². The number of nitrogens with zero attached hydrogens (tertiary/aromatic N) is 1. The Hall–Kier alpha value is -1.62. The second-order valence-electron chi connectivity index (χ2n) is 6.48. The van der Waals surface area contributed by atoms with E-state index >= 15 is 0 Å². The van der Waals surface area contributed by atoms with Crippen LogP contribution in [-0.2, 0) is 4.79 Å². The van der Waals surface area contributed by atoms with Crippen molar-refractivity contribution in [3.63, 3.8) is 0 Å². The van der Waals surface area contributed by atoms with Crippen molar-refractivity contribution in [3.8, 4) is 0 Å². The van der Waals surface area contributed by atoms with Gasteiger partial charge in [-0.3, -0.25) is 4.79 Å². The van der Waals surface area contributed by atoms with Crippen LogP contribution in [0, 0.1) is 11.3 Å². The first-order valence-electron chi connectivity index (χ1n) is 7.07. The summed E-state index contributed by atoms with van der Waals surface area (Å²) in [5.74, 6) is -0.477. The van der Waals surface area contributed by atoms with E-state index in [1.807, 2.05) is 10.3 Å². The van der Waals surface area contributed by atoms with Crippen molar-refractivity contribution in [1.29, 1.82) is 0 Å². The monoisotopic (exact) mass is 307 g/mol. The molecule has 1 aliphatic heterocycles. The molecule has 1 aromatic rings. The molecule has 1 aromatic heterocycles. The number of amides is 1. The molecular weight excluding hydrogens is 286 g/mol. The van der Waals surface area contributed by atoms with Crippen molar-refractivity contribution >= 4 is 29.3 Å². The number of rotatable bonds is 3. The van der Waals surface area contributed by atoms with E-state index in [1.165, 1.54) is 17.4 Å². The minimum Gasteiger partial charge on any atom is -0.478 e. The molecule has 0 bridgehead atoms. The smallest absolute Gasteiger partial charge is 0.328 e. The predicted octanol–water partition coefficient (Wildman–Crippen LogP) is 3.35. The highest BCUT2D eigenvalue weighted by Crippen LogP contribution is 2.34. The highest BCUT2D eigenvalue weighted by molar-refractivity contribution is 7.12. The molecule has 0 radical (unpaired) electrons. The Kier molecular flexibility index (Phi) is 4.52. The summed E-state index contributed by atoms with van der Waals surface area (Å²) in [7, 11) is 0. The van der Waals surface area contributed by atoms with E-state index in [4.69, 9.17) is 5.11 Å². The van der Waals surface area contributed by atoms with Crippen molar-refractivity contribution in [2.75, 3.05) is 13.1 Å². The largest absolute Gasteiger partial charge is 0.478 e. The topological polar surface area (TPSA) is 57.6 Å². The molecule has 0 saturated carbocycles. The average Bonchev–Trinajstić information content (AvgIpc) is 3.03. The molecule has 2 heterocycles. The van der Waals surface area contributed by atoms with Crippen LogP contribution in [-0.4, -0.2) is 35.0 Å². The van der Waals surface area contributed by atoms with E-state index < -0.39 is 5.97 Å². The quantitative estimate of drug-likeness (QED) is 0.871. The van der Waals surface area contributed by atoms with E-state index in [0.717, 1.165) is 25.6 Å². The number of carboxylic acids is 1. The standard InChI is InChI=1S/C16H21NO3S/c1-16(2,3)12-6-8-17(10-12)15(20)14-11(7-9-21-14)4-5-13(18)19/h4-5,7,9,12H,6,8,10H2,1-3H3,(H,18,19)/b5-4+. The fraction of sp³-hybridized carbons (Fsp3) is 0.500. The van der Waals surface area contributed by atoms with Crippen LogP contribution in [0.4, 0.5) is 0 Å². The summed E-state index contributed by atoms with van der Waals surface area (Å²) in [6.07, 6.45) is 3.59. The molecule has 1 unspecified atom stereocenters. The highest BCUT2D eigenvalue weighted by atomic mass is 32.1. The van der Waals surface area contributed by atoms with Crippen molar-refractivity contribution in [2.24, 2.45) is 11.3 Å². The van der Waals surface area contributed by atoms with Crippen LogP contribution in [0.2, 0.25) is 0 Å². The van der Waals surface area contributed by atoms with Gasteiger partial charge in [-0.05, 0) is 40.8 Å². The normalized spacial score (nSPS) is 19.4. The molecule has 1 saturated heterocycles. The third kappa shape index (κ3) is 3.73. The Bertz CT molecular complexity index is 568. The van der Waals surface area contributed by atoms with Crippen LogP contribution >= 0.6 is 11.3 Å². The van der Waals surface area contributed by atoms with Gasteiger partial charge in [0.1, 0.15) is 0 Å². The van der Waals surface area contributed by atoms with Gasteiger partial charge in [-0.1, -0.05) is 20.8 Å². The molecule has 0 aliphatic carbocycles. The molecule has 5 heteroatoms. The van der Waals surface area contributed by atoms with E-state index in [9.17, 15) is 9.59 Å². The minimum absolute atomic E-state index is 0.0155. The molecule has 0 aromatic carbocycles. The Morgan fingerprint density at radius 2 is 2.14 bits per heavy atom. The van der Waals surface area contributed by atoms with Gasteiger partial charge >= 0.3 is 5.97 Å². The molecule has 1 N–H and O–H groups in total. The van der Waals surface area contributed by atoms with Crippen molar-refractivity contribution in [1.82, 2.24) is 4.90 Å². The molecule has 1 amide bonds. The minimum atomic E-state index is -1.01. The average molecular weight is 307 g/mol. The molecule has 2 rings (SSSR count). The Balaban J connectivity index is 2.12. The number of aliphatic carboxylic acids is 1. The molecular formula is C16H21NO3S. The van der Waals surface area contributed by atoms with Crippen LogP contribution in [0.1, 0.15) is 42.4 Å². The summed E-state index contributed by atoms with van der Waals surface area (Å²) < 4.78 is 0. The third-order valence-corrected chi connectivity index (χ3v) is 4.91. The van der Waals surface area contributed by atoms with Gasteiger partial charge in [-0.2, -0.15) is 0 Å². The Labute approximate surface area is 129 Å². The first kappa shape index (κ1) is 15.8. The second kappa shape index (κ2) is 6.02. The Morgan fingerprint density at radius 3 is 2.71 bits per heavy atom. The first-order chi connectivity index (χ1) is 9.79. The number of carbonyl (C=O) groups excluding carboxylic acids is 1. The maximum Gasteiger partial charge on any atom is 0.328 e. The number of thiophene rings is 1. The summed E-state index contributed by atoms with van der Waals surface area (Å²) in [6, 6.07) is 1.79. The maximum absolute atomic E-state index is 12.6. The summed E-state index contributed by atoms with van der Waals surface area (Å²) >= 11 is 1.37. The second-order valence-corrected chi connectivity index (χ2v) is 7.40. The lowest BCUT2D eigenvalue weighted by molar-refractivity contribution is -0.131. The van der Waals surface area contributed by atoms with E-state index in [0.29, 0.717) is 16.4 Å². The zero-order valence-corrected chi connectivity index (χ0v) is 13.4. The number of carboxylic acid groups (broad SMARTS) is 1. The molecule has 4 nitrogen and oxygen atoms in total. The van der Waals surface area contributed by atoms with E-state index in [2.05, 4.69) is 20.8 Å². The van der Waals surface area contributed by atoms with Crippen LogP contribution in [0.25, 0.3) is 6.08 Å². The van der Waals surface area contributed by atoms with Crippen LogP contribution in [0.3, 0.4) is 0 Å². The lowest BCUT2D eigenvalue weighted by Gasteiger charge is -2.26. The van der Waals surface area contributed by atoms with Crippen LogP contribution < -0.4 is 0 Å². The summed E-state index contributed by atoms with van der Waals surface area (Å²) in [6.45, 7) is 8.18. The fourth-order valence-electron chi connectivity index (χ4n) is 2.58. The fourth-order valence-corrected chi connectivity index (χ4v) is 3.43. The number of hydrogen-bond donors (Lipinski definition) is 1. The number of hydrogen-bond acceptors (Lipinski definition) is 3. The van der Waals surface area contributed by atoms with Crippen molar-refractivity contribution in [3.05, 3.63) is 28.0 Å². The summed E-state index contributed by atoms with van der Waals surface area (Å²) in [4.78, 5) is 25.7. The van der Waals surface area contributed by atoms with Gasteiger partial charge in [-0.15, -0.1) is 11.3 Å². The third-order valence-electron chi connectivity index (χ3n) is 4.00. The molecule has 1 atom stereocenters. The SMILES string of the molecule is CC(C)(C)C1CCN(C(=O)c2sccc2/C=C/C(=O)O)C1. The van der Waals surface area contributed by atoms with Crippen LogP contribution in [0.5, 0.6) is 0 Å². The van der Waals surface area contributed by atoms with Gasteiger partial charge in [0.2, 0.25) is 0 Å². The van der Waals surface area contributed by atoms with Crippen molar-refractivity contribution in [2.45, 2.75) is 27.2 Å². The number of carbonyl (C=O) groups is 2. The van der Waals surface area contributed by atoms with Crippen molar-refractivity contribution < 1.29 is 14.7 Å². The predicted molar refractivity (Wildman–Crippen MR) is 84.5 cm³/mol. The van der Waals surface area contributed by atoms with Gasteiger partial charge < -0.3 is 10.0 Å². The molecule has 0 spiro atoms. The van der Waals surface area contributed by atoms with Gasteiger partial charge in [0, 0.05) is 19.2 Å². The maximum atomic E-state index is 12.6. The van der Waals surface area contributed by atoms with Crippen LogP contribution in [0.15, 0.2) is 17.5 Å². The van der Waals surface area contributed by atoms with Gasteiger partial charge in [-0.25, -0.2) is 4.79 Å². The zero-order valence-electron chi connectivity index (χ0n) is 12.6. The summed E-state index contributed by atoms with van der Waals surface area (Å²) in [5.41, 5.74) is 0.892. The van der Waals surface area contributed by atoms with E-state index in [1.54, 1.807) is 6.07 Å². The lowest BCUT2D eigenvalue weighted by Crippen LogP contribution is -2.31. The molecule has 114 valence electrons. The van der Waals surface area contributed by atoms with Gasteiger partial charge in [0.05, 0.1) is 4.88 Å². The lowest BCUT2D eigenvalue weighted by atomic mass is 9.80.